The summed E-state index contributed by atoms with van der Waals surface area (Å²) in [4.78, 5) is 0. The fraction of sp³-hybridized carbons (Fsp3) is 0.833. The summed E-state index contributed by atoms with van der Waals surface area (Å²) < 4.78 is 7.78. The van der Waals surface area contributed by atoms with Crippen molar-refractivity contribution >= 4 is 0 Å². The van der Waals surface area contributed by atoms with E-state index < -0.39 is 0 Å². The summed E-state index contributed by atoms with van der Waals surface area (Å²) in [6.07, 6.45) is 6.77. The Bertz CT molecular complexity index is 316. The van der Waals surface area contributed by atoms with E-state index in [1.807, 2.05) is 6.33 Å². The first-order valence-corrected chi connectivity index (χ1v) is 6.24. The molecule has 1 saturated heterocycles. The third-order valence-corrected chi connectivity index (χ3v) is 2.97. The molecule has 1 aliphatic heterocycles. The molecule has 4 nitrogen and oxygen atoms in total. The van der Waals surface area contributed by atoms with Crippen LogP contribution in [0, 0.1) is 5.92 Å². The minimum absolute atomic E-state index is 0.448. The van der Waals surface area contributed by atoms with Gasteiger partial charge in [0.05, 0.1) is 6.10 Å². The summed E-state index contributed by atoms with van der Waals surface area (Å²) >= 11 is 0. The minimum atomic E-state index is 0.448. The monoisotopic (exact) mass is 223 g/mol. The number of ether oxygens (including phenoxy) is 1. The number of aromatic nitrogens is 3. The Balaban J connectivity index is 1.85. The lowest BCUT2D eigenvalue weighted by Crippen LogP contribution is -2.11. The fourth-order valence-corrected chi connectivity index (χ4v) is 2.18. The van der Waals surface area contributed by atoms with Crippen LogP contribution in [0.1, 0.15) is 38.9 Å². The van der Waals surface area contributed by atoms with Crippen molar-refractivity contribution in [3.63, 3.8) is 0 Å². The van der Waals surface area contributed by atoms with Crippen LogP contribution in [-0.2, 0) is 17.7 Å². The standard InChI is InChI=1S/C12H21N3O/c1-10(2)8-15-9-13-14-12(15)6-5-11-4-3-7-16-11/h9-11H,3-8H2,1-2H3. The van der Waals surface area contributed by atoms with Gasteiger partial charge in [0, 0.05) is 19.6 Å². The average Bonchev–Trinajstić information content (AvgIpc) is 2.84. The molecule has 4 heteroatoms. The topological polar surface area (TPSA) is 39.9 Å². The Morgan fingerprint density at radius 2 is 2.44 bits per heavy atom. The molecule has 0 N–H and O–H groups in total. The molecule has 16 heavy (non-hydrogen) atoms. The Morgan fingerprint density at radius 1 is 1.56 bits per heavy atom. The molecule has 1 unspecified atom stereocenters. The average molecular weight is 223 g/mol. The first kappa shape index (κ1) is 11.6. The van der Waals surface area contributed by atoms with E-state index in [2.05, 4.69) is 28.6 Å². The molecule has 1 fully saturated rings. The molecular weight excluding hydrogens is 202 g/mol. The van der Waals surface area contributed by atoms with Crippen LogP contribution in [0.5, 0.6) is 0 Å². The number of rotatable bonds is 5. The molecule has 0 aromatic carbocycles. The van der Waals surface area contributed by atoms with Crippen LogP contribution in [0.3, 0.4) is 0 Å². The van der Waals surface area contributed by atoms with Gasteiger partial charge in [0.25, 0.3) is 0 Å². The summed E-state index contributed by atoms with van der Waals surface area (Å²) in [5, 5.41) is 8.18. The van der Waals surface area contributed by atoms with Crippen LogP contribution >= 0.6 is 0 Å². The first-order chi connectivity index (χ1) is 7.75. The van der Waals surface area contributed by atoms with Crippen molar-refractivity contribution in [3.8, 4) is 0 Å². The van der Waals surface area contributed by atoms with Crippen LogP contribution in [0.4, 0.5) is 0 Å². The van der Waals surface area contributed by atoms with Gasteiger partial charge in [0.2, 0.25) is 0 Å². The molecular formula is C12H21N3O. The van der Waals surface area contributed by atoms with Crippen molar-refractivity contribution in [1.82, 2.24) is 14.8 Å². The highest BCUT2D eigenvalue weighted by atomic mass is 16.5. The lowest BCUT2D eigenvalue weighted by Gasteiger charge is -2.11. The maximum absolute atomic E-state index is 5.61. The van der Waals surface area contributed by atoms with Crippen LogP contribution < -0.4 is 0 Å². The first-order valence-electron chi connectivity index (χ1n) is 6.24. The van der Waals surface area contributed by atoms with Crippen molar-refractivity contribution < 1.29 is 4.74 Å². The second kappa shape index (κ2) is 5.43. The van der Waals surface area contributed by atoms with E-state index in [1.165, 1.54) is 12.8 Å². The van der Waals surface area contributed by atoms with Gasteiger partial charge in [-0.1, -0.05) is 13.8 Å². The van der Waals surface area contributed by atoms with E-state index in [4.69, 9.17) is 4.74 Å². The maximum Gasteiger partial charge on any atom is 0.132 e. The molecule has 1 aromatic rings. The highest BCUT2D eigenvalue weighted by Gasteiger charge is 2.16. The number of hydrogen-bond donors (Lipinski definition) is 0. The highest BCUT2D eigenvalue weighted by Crippen LogP contribution is 2.17. The summed E-state index contributed by atoms with van der Waals surface area (Å²) in [5.74, 6) is 1.74. The van der Waals surface area contributed by atoms with Gasteiger partial charge in [-0.25, -0.2) is 0 Å². The molecule has 1 aliphatic rings. The van der Waals surface area contributed by atoms with Gasteiger partial charge in [-0.15, -0.1) is 10.2 Å². The quantitative estimate of drug-likeness (QED) is 0.767. The molecule has 0 amide bonds. The molecule has 2 rings (SSSR count). The largest absolute Gasteiger partial charge is 0.378 e. The third-order valence-electron chi connectivity index (χ3n) is 2.97. The Kier molecular flexibility index (Phi) is 3.93. The molecule has 0 bridgehead atoms. The molecule has 0 spiro atoms. The van der Waals surface area contributed by atoms with Crippen LogP contribution in [-0.4, -0.2) is 27.5 Å². The van der Waals surface area contributed by atoms with Crippen molar-refractivity contribution in [3.05, 3.63) is 12.2 Å². The normalized spacial score (nSPS) is 20.8. The Hall–Kier alpha value is -0.900. The zero-order chi connectivity index (χ0) is 11.4. The van der Waals surface area contributed by atoms with Crippen LogP contribution in [0.25, 0.3) is 0 Å². The summed E-state index contributed by atoms with van der Waals surface area (Å²) in [7, 11) is 0. The smallest absolute Gasteiger partial charge is 0.132 e. The van der Waals surface area contributed by atoms with Gasteiger partial charge >= 0.3 is 0 Å². The molecule has 0 radical (unpaired) electrons. The molecule has 90 valence electrons. The van der Waals surface area contributed by atoms with Gasteiger partial charge in [-0.2, -0.15) is 0 Å². The van der Waals surface area contributed by atoms with E-state index >= 15 is 0 Å². The van der Waals surface area contributed by atoms with Gasteiger partial charge in [-0.3, -0.25) is 0 Å². The van der Waals surface area contributed by atoms with Gasteiger partial charge < -0.3 is 9.30 Å². The van der Waals surface area contributed by atoms with E-state index in [9.17, 15) is 0 Å². The van der Waals surface area contributed by atoms with E-state index in [0.29, 0.717) is 12.0 Å². The third kappa shape index (κ3) is 3.04. The van der Waals surface area contributed by atoms with Gasteiger partial charge in [0.1, 0.15) is 12.2 Å². The van der Waals surface area contributed by atoms with Crippen LogP contribution in [0.15, 0.2) is 6.33 Å². The number of nitrogens with zero attached hydrogens (tertiary/aromatic N) is 3. The SMILES string of the molecule is CC(C)Cn1cnnc1CCC1CCCO1. The lowest BCUT2D eigenvalue weighted by molar-refractivity contribution is 0.104. The summed E-state index contributed by atoms with van der Waals surface area (Å²) in [6, 6.07) is 0. The van der Waals surface area contributed by atoms with E-state index in [0.717, 1.165) is 31.8 Å². The maximum atomic E-state index is 5.61. The number of hydrogen-bond acceptors (Lipinski definition) is 3. The predicted octanol–water partition coefficient (Wildman–Crippen LogP) is 2.05. The van der Waals surface area contributed by atoms with E-state index in [-0.39, 0.29) is 0 Å². The molecule has 2 heterocycles. The Morgan fingerprint density at radius 3 is 3.12 bits per heavy atom. The van der Waals surface area contributed by atoms with Gasteiger partial charge in [-0.05, 0) is 25.2 Å². The molecule has 1 atom stereocenters. The zero-order valence-electron chi connectivity index (χ0n) is 10.2. The van der Waals surface area contributed by atoms with Crippen LogP contribution in [0.2, 0.25) is 0 Å². The van der Waals surface area contributed by atoms with Crippen molar-refractivity contribution in [2.75, 3.05) is 6.61 Å². The van der Waals surface area contributed by atoms with Crippen molar-refractivity contribution in [2.24, 2.45) is 5.92 Å². The molecule has 0 aliphatic carbocycles. The zero-order valence-corrected chi connectivity index (χ0v) is 10.2. The van der Waals surface area contributed by atoms with Crippen molar-refractivity contribution in [1.29, 1.82) is 0 Å². The predicted molar refractivity (Wildman–Crippen MR) is 62.2 cm³/mol. The fourth-order valence-electron chi connectivity index (χ4n) is 2.18. The Labute approximate surface area is 97.0 Å². The molecule has 1 aromatic heterocycles. The van der Waals surface area contributed by atoms with Crippen molar-refractivity contribution in [2.45, 2.75) is 52.2 Å². The minimum Gasteiger partial charge on any atom is -0.378 e. The lowest BCUT2D eigenvalue weighted by atomic mass is 10.1. The highest BCUT2D eigenvalue weighted by molar-refractivity contribution is 4.87. The molecule has 0 saturated carbocycles. The number of aryl methyl sites for hydroxylation is 1. The van der Waals surface area contributed by atoms with Gasteiger partial charge in [0.15, 0.2) is 0 Å². The second-order valence-electron chi connectivity index (χ2n) is 4.97. The summed E-state index contributed by atoms with van der Waals surface area (Å²) in [5.41, 5.74) is 0. The van der Waals surface area contributed by atoms with E-state index in [1.54, 1.807) is 0 Å². The second-order valence-corrected chi connectivity index (χ2v) is 4.97. The summed E-state index contributed by atoms with van der Waals surface area (Å²) in [6.45, 7) is 6.37.